The Morgan fingerprint density at radius 2 is 1.73 bits per heavy atom. The molecule has 1 aliphatic carbocycles. The number of benzene rings is 2. The van der Waals surface area contributed by atoms with Crippen molar-refractivity contribution in [2.75, 3.05) is 10.6 Å². The van der Waals surface area contributed by atoms with E-state index in [9.17, 15) is 4.79 Å². The molecule has 2 aromatic heterocycles. The Balaban J connectivity index is 1.36. The molecule has 1 aliphatic rings. The van der Waals surface area contributed by atoms with Crippen LogP contribution in [-0.4, -0.2) is 26.5 Å². The van der Waals surface area contributed by atoms with Crippen LogP contribution in [0, 0.1) is 12.8 Å². The fourth-order valence-corrected chi connectivity index (χ4v) is 5.43. The summed E-state index contributed by atoms with van der Waals surface area (Å²) in [5, 5.41) is 10.7. The van der Waals surface area contributed by atoms with Crippen molar-refractivity contribution in [1.29, 1.82) is 0 Å². The number of nitrogens with zero attached hydrogens (tertiary/aromatic N) is 3. The predicted molar refractivity (Wildman–Crippen MR) is 162 cm³/mol. The molecule has 1 amide bonds. The van der Waals surface area contributed by atoms with Crippen LogP contribution < -0.4 is 16.0 Å². The second kappa shape index (κ2) is 13.5. The molecule has 0 spiro atoms. The zero-order valence-electron chi connectivity index (χ0n) is 22.9. The van der Waals surface area contributed by atoms with Crippen LogP contribution in [0.3, 0.4) is 0 Å². The summed E-state index contributed by atoms with van der Waals surface area (Å²) in [7, 11) is 0. The lowest BCUT2D eigenvalue weighted by molar-refractivity contribution is -0.122. The number of carbonyl (C=O) groups is 1. The lowest BCUT2D eigenvalue weighted by atomic mass is 9.84. The molecular weight excluding hydrogens is 520 g/mol. The Kier molecular flexibility index (Phi) is 9.34. The van der Waals surface area contributed by atoms with Crippen molar-refractivity contribution in [2.24, 2.45) is 5.92 Å². The van der Waals surface area contributed by atoms with Crippen LogP contribution in [0.4, 0.5) is 11.8 Å². The summed E-state index contributed by atoms with van der Waals surface area (Å²) in [5.74, 6) is 2.31. The lowest BCUT2D eigenvalue weighted by Crippen LogP contribution is -2.41. The average molecular weight is 557 g/mol. The maximum Gasteiger partial charge on any atom is 0.242 e. The van der Waals surface area contributed by atoms with E-state index in [0.717, 1.165) is 30.4 Å². The van der Waals surface area contributed by atoms with Crippen molar-refractivity contribution in [3.63, 3.8) is 0 Å². The highest BCUT2D eigenvalue weighted by Crippen LogP contribution is 2.28. The van der Waals surface area contributed by atoms with E-state index in [4.69, 9.17) is 21.6 Å². The minimum atomic E-state index is -0.401. The highest BCUT2D eigenvalue weighted by Gasteiger charge is 2.25. The SMILES string of the molecule is Cc1ccc(CNC(=O)[C@@H](CC2CCCCC2)Nc2cc(-n3cccc3)nc(NCc3cccc(Cl)c3)n2)cc1. The topological polar surface area (TPSA) is 83.9 Å². The van der Waals surface area contributed by atoms with Crippen molar-refractivity contribution in [3.05, 3.63) is 101 Å². The number of hydrogen-bond acceptors (Lipinski definition) is 5. The number of aromatic nitrogens is 3. The number of carbonyl (C=O) groups excluding carboxylic acids is 1. The van der Waals surface area contributed by atoms with Crippen LogP contribution in [0.1, 0.15) is 55.2 Å². The first-order valence-corrected chi connectivity index (χ1v) is 14.5. The van der Waals surface area contributed by atoms with Gasteiger partial charge < -0.3 is 20.5 Å². The molecule has 3 N–H and O–H groups in total. The van der Waals surface area contributed by atoms with E-state index in [1.165, 1.54) is 24.8 Å². The fraction of sp³-hybridized carbons (Fsp3) is 0.344. The summed E-state index contributed by atoms with van der Waals surface area (Å²) in [6, 6.07) is 21.4. The van der Waals surface area contributed by atoms with Gasteiger partial charge in [0.2, 0.25) is 11.9 Å². The molecule has 1 saturated carbocycles. The van der Waals surface area contributed by atoms with Crippen LogP contribution in [0.25, 0.3) is 5.82 Å². The number of hydrogen-bond donors (Lipinski definition) is 3. The zero-order valence-corrected chi connectivity index (χ0v) is 23.7. The van der Waals surface area contributed by atoms with Crippen molar-refractivity contribution in [3.8, 4) is 5.82 Å². The van der Waals surface area contributed by atoms with E-state index >= 15 is 0 Å². The summed E-state index contributed by atoms with van der Waals surface area (Å²) in [5.41, 5.74) is 3.32. The first-order valence-electron chi connectivity index (χ1n) is 14.1. The van der Waals surface area contributed by atoms with Gasteiger partial charge in [0.15, 0.2) is 0 Å². The Morgan fingerprint density at radius 3 is 2.48 bits per heavy atom. The van der Waals surface area contributed by atoms with Crippen LogP contribution in [-0.2, 0) is 17.9 Å². The van der Waals surface area contributed by atoms with Gasteiger partial charge in [0.05, 0.1) is 0 Å². The molecule has 2 aromatic carbocycles. The number of amides is 1. The Hall–Kier alpha value is -3.84. The standard InChI is InChI=1S/C32H37ClN6O/c1-23-12-14-25(15-13-23)21-34-31(40)28(19-24-8-3-2-4-9-24)36-29-20-30(39-16-5-6-17-39)38-32(37-29)35-22-26-10-7-11-27(33)18-26/h5-7,10-18,20,24,28H,2-4,8-9,19,21-22H2,1H3,(H,34,40)(H2,35,36,37,38)/t28-/m1/s1. The van der Waals surface area contributed by atoms with Gasteiger partial charge in [0.1, 0.15) is 17.7 Å². The largest absolute Gasteiger partial charge is 0.358 e. The minimum Gasteiger partial charge on any atom is -0.358 e. The number of halogens is 1. The van der Waals surface area contributed by atoms with Gasteiger partial charge in [0, 0.05) is 36.6 Å². The predicted octanol–water partition coefficient (Wildman–Crippen LogP) is 6.91. The maximum atomic E-state index is 13.6. The van der Waals surface area contributed by atoms with Crippen molar-refractivity contribution >= 4 is 29.3 Å². The quantitative estimate of drug-likeness (QED) is 0.187. The smallest absolute Gasteiger partial charge is 0.242 e. The molecule has 1 atom stereocenters. The molecule has 0 radical (unpaired) electrons. The van der Waals surface area contributed by atoms with E-state index in [1.807, 2.05) is 59.4 Å². The molecule has 7 nitrogen and oxygen atoms in total. The van der Waals surface area contributed by atoms with E-state index in [0.29, 0.717) is 41.6 Å². The second-order valence-electron chi connectivity index (χ2n) is 10.6. The third-order valence-corrected chi connectivity index (χ3v) is 7.68. The summed E-state index contributed by atoms with van der Waals surface area (Å²) in [6.45, 7) is 3.08. The highest BCUT2D eigenvalue weighted by atomic mass is 35.5. The number of nitrogens with one attached hydrogen (secondary N) is 3. The van der Waals surface area contributed by atoms with Crippen LogP contribution in [0.5, 0.6) is 0 Å². The summed E-state index contributed by atoms with van der Waals surface area (Å²) >= 11 is 6.17. The summed E-state index contributed by atoms with van der Waals surface area (Å²) < 4.78 is 1.94. The molecule has 0 aliphatic heterocycles. The van der Waals surface area contributed by atoms with Crippen molar-refractivity contribution < 1.29 is 4.79 Å². The Labute approximate surface area is 241 Å². The Bertz CT molecular complexity index is 1380. The molecular formula is C32H37ClN6O. The fourth-order valence-electron chi connectivity index (χ4n) is 5.22. The van der Waals surface area contributed by atoms with Gasteiger partial charge in [-0.2, -0.15) is 9.97 Å². The van der Waals surface area contributed by atoms with Gasteiger partial charge in [-0.1, -0.05) is 85.7 Å². The lowest BCUT2D eigenvalue weighted by Gasteiger charge is -2.27. The molecule has 40 heavy (non-hydrogen) atoms. The highest BCUT2D eigenvalue weighted by molar-refractivity contribution is 6.30. The molecule has 5 rings (SSSR count). The third kappa shape index (κ3) is 7.85. The summed E-state index contributed by atoms with van der Waals surface area (Å²) in [4.78, 5) is 23.0. The van der Waals surface area contributed by atoms with E-state index in [-0.39, 0.29) is 5.91 Å². The summed E-state index contributed by atoms with van der Waals surface area (Å²) in [6.07, 6.45) is 10.7. The van der Waals surface area contributed by atoms with E-state index in [1.54, 1.807) is 0 Å². The maximum absolute atomic E-state index is 13.6. The average Bonchev–Trinajstić information content (AvgIpc) is 3.51. The van der Waals surface area contributed by atoms with Gasteiger partial charge in [0.25, 0.3) is 0 Å². The van der Waals surface area contributed by atoms with E-state index in [2.05, 4.69) is 47.1 Å². The molecule has 208 valence electrons. The molecule has 2 heterocycles. The van der Waals surface area contributed by atoms with E-state index < -0.39 is 6.04 Å². The Morgan fingerprint density at radius 1 is 0.950 bits per heavy atom. The minimum absolute atomic E-state index is 0.0132. The molecule has 4 aromatic rings. The van der Waals surface area contributed by atoms with Crippen LogP contribution >= 0.6 is 11.6 Å². The molecule has 0 unspecified atom stereocenters. The molecule has 1 fully saturated rings. The number of aryl methyl sites for hydroxylation is 1. The first-order chi connectivity index (χ1) is 19.5. The second-order valence-corrected chi connectivity index (χ2v) is 11.1. The molecule has 0 saturated heterocycles. The first kappa shape index (κ1) is 27.7. The zero-order chi connectivity index (χ0) is 27.7. The third-order valence-electron chi connectivity index (χ3n) is 7.44. The monoisotopic (exact) mass is 556 g/mol. The molecule has 8 heteroatoms. The number of rotatable bonds is 11. The normalized spacial score (nSPS) is 14.4. The van der Waals surface area contributed by atoms with Gasteiger partial charge in [-0.3, -0.25) is 4.79 Å². The van der Waals surface area contributed by atoms with Crippen molar-refractivity contribution in [2.45, 2.75) is 64.6 Å². The number of anilines is 2. The van der Waals surface area contributed by atoms with Gasteiger partial charge in [-0.05, 0) is 54.7 Å². The van der Waals surface area contributed by atoms with Crippen molar-refractivity contribution in [1.82, 2.24) is 19.9 Å². The van der Waals surface area contributed by atoms with Gasteiger partial charge in [-0.25, -0.2) is 0 Å². The van der Waals surface area contributed by atoms with Gasteiger partial charge >= 0.3 is 0 Å². The van der Waals surface area contributed by atoms with Gasteiger partial charge in [-0.15, -0.1) is 0 Å². The van der Waals surface area contributed by atoms with Crippen LogP contribution in [0.15, 0.2) is 79.1 Å². The van der Waals surface area contributed by atoms with Crippen LogP contribution in [0.2, 0.25) is 5.02 Å². The molecule has 0 bridgehead atoms.